The standard InChI is InChI=1S/C42H45N5S/c1-6-45(7-2)33-23-20-30(21-24-33)42(31-22-27-40-36(28-31)35-18-14-15-19-39(35)47(40)10-5)37-26-25-34(46(8-3)9-4)29-38(37)44-41(48-42)43-32-16-12-11-13-17-32/h11-29H,6-10H2,1-5H3,(H,43,44). The largest absolute Gasteiger partial charge is 0.372 e. The Labute approximate surface area is 289 Å². The molecule has 0 saturated carbocycles. The number of thioether (sulfide) groups is 1. The van der Waals surface area contributed by atoms with Crippen LogP contribution in [0.2, 0.25) is 0 Å². The second kappa shape index (κ2) is 13.4. The minimum Gasteiger partial charge on any atom is -0.372 e. The number of aliphatic imine (C=N–C) groups is 1. The van der Waals surface area contributed by atoms with Crippen LogP contribution in [0.4, 0.5) is 22.7 Å². The van der Waals surface area contributed by atoms with E-state index in [1.54, 1.807) is 11.8 Å². The summed E-state index contributed by atoms with van der Waals surface area (Å²) in [6.45, 7) is 15.9. The van der Waals surface area contributed by atoms with Gasteiger partial charge < -0.3 is 19.7 Å². The van der Waals surface area contributed by atoms with Crippen molar-refractivity contribution in [2.24, 2.45) is 4.99 Å². The summed E-state index contributed by atoms with van der Waals surface area (Å²) in [4.78, 5) is 10.1. The molecule has 1 aliphatic rings. The number of para-hydroxylation sites is 2. The Kier molecular flexibility index (Phi) is 8.93. The molecule has 1 N–H and O–H groups in total. The Balaban J connectivity index is 1.51. The van der Waals surface area contributed by atoms with Gasteiger partial charge in [-0.2, -0.15) is 0 Å². The molecule has 5 nitrogen and oxygen atoms in total. The molecule has 1 unspecified atom stereocenters. The minimum atomic E-state index is -0.554. The zero-order valence-electron chi connectivity index (χ0n) is 28.7. The smallest absolute Gasteiger partial charge is 0.167 e. The second-order valence-corrected chi connectivity index (χ2v) is 13.5. The van der Waals surface area contributed by atoms with Crippen LogP contribution < -0.4 is 15.1 Å². The van der Waals surface area contributed by atoms with E-state index in [9.17, 15) is 0 Å². The number of nitrogens with zero attached hydrogens (tertiary/aromatic N) is 4. The van der Waals surface area contributed by atoms with Crippen LogP contribution in [0.3, 0.4) is 0 Å². The summed E-state index contributed by atoms with van der Waals surface area (Å²) in [7, 11) is 0. The van der Waals surface area contributed by atoms with Gasteiger partial charge in [0.25, 0.3) is 0 Å². The predicted octanol–water partition coefficient (Wildman–Crippen LogP) is 10.6. The lowest BCUT2D eigenvalue weighted by molar-refractivity contribution is 0.826. The summed E-state index contributed by atoms with van der Waals surface area (Å²) < 4.78 is 1.88. The first kappa shape index (κ1) is 31.9. The highest BCUT2D eigenvalue weighted by molar-refractivity contribution is 8.15. The molecule has 0 radical (unpaired) electrons. The lowest BCUT2D eigenvalue weighted by Gasteiger charge is -2.39. The minimum absolute atomic E-state index is 0.554. The van der Waals surface area contributed by atoms with Gasteiger partial charge in [0.05, 0.1) is 5.69 Å². The zero-order valence-corrected chi connectivity index (χ0v) is 29.5. The van der Waals surface area contributed by atoms with Crippen molar-refractivity contribution in [1.29, 1.82) is 0 Å². The maximum absolute atomic E-state index is 5.33. The molecule has 0 amide bonds. The highest BCUT2D eigenvalue weighted by Gasteiger charge is 2.44. The van der Waals surface area contributed by atoms with Crippen molar-refractivity contribution in [1.82, 2.24) is 4.57 Å². The Bertz CT molecular complexity index is 2070. The summed E-state index contributed by atoms with van der Waals surface area (Å²) in [5.41, 5.74) is 10.7. The topological polar surface area (TPSA) is 35.8 Å². The third kappa shape index (κ3) is 5.42. The fourth-order valence-corrected chi connectivity index (χ4v) is 8.82. The van der Waals surface area contributed by atoms with Crippen LogP contribution in [0.1, 0.15) is 51.3 Å². The molecule has 0 spiro atoms. The van der Waals surface area contributed by atoms with Crippen LogP contribution in [0.15, 0.2) is 120 Å². The molecule has 244 valence electrons. The van der Waals surface area contributed by atoms with Gasteiger partial charge in [0.1, 0.15) is 4.75 Å². The number of anilines is 3. The summed E-state index contributed by atoms with van der Waals surface area (Å²) in [5, 5.41) is 7.16. The van der Waals surface area contributed by atoms with Crippen molar-refractivity contribution in [3.63, 3.8) is 0 Å². The number of hydrogen-bond donors (Lipinski definition) is 1. The van der Waals surface area contributed by atoms with Gasteiger partial charge in [-0.25, -0.2) is 4.99 Å². The molecule has 1 atom stereocenters. The molecule has 1 aromatic heterocycles. The molecule has 2 heterocycles. The van der Waals surface area contributed by atoms with Crippen molar-refractivity contribution in [2.75, 3.05) is 41.3 Å². The van der Waals surface area contributed by atoms with Gasteiger partial charge in [0.2, 0.25) is 0 Å². The summed E-state index contributed by atoms with van der Waals surface area (Å²) >= 11 is 1.81. The molecule has 6 aromatic rings. The quantitative estimate of drug-likeness (QED) is 0.160. The third-order valence-corrected chi connectivity index (χ3v) is 11.3. The van der Waals surface area contributed by atoms with Gasteiger partial charge in [-0.3, -0.25) is 0 Å². The highest BCUT2D eigenvalue weighted by Crippen LogP contribution is 2.56. The van der Waals surface area contributed by atoms with E-state index in [1.807, 2.05) is 0 Å². The highest BCUT2D eigenvalue weighted by atomic mass is 32.2. The number of amidine groups is 1. The van der Waals surface area contributed by atoms with Crippen LogP contribution in [-0.4, -0.2) is 35.9 Å². The molecule has 0 bridgehead atoms. The first-order chi connectivity index (χ1) is 23.5. The normalized spacial score (nSPS) is 15.7. The maximum atomic E-state index is 5.33. The predicted molar refractivity (Wildman–Crippen MR) is 210 cm³/mol. The molecule has 7 rings (SSSR count). The number of fused-ring (bicyclic) bond motifs is 4. The molecule has 5 aromatic carbocycles. The Hall–Kier alpha value is -4.68. The Morgan fingerprint density at radius 1 is 0.625 bits per heavy atom. The fraction of sp³-hybridized carbons (Fsp3) is 0.262. The number of aryl methyl sites for hydroxylation is 1. The monoisotopic (exact) mass is 651 g/mol. The average molecular weight is 652 g/mol. The molecular weight excluding hydrogens is 607 g/mol. The van der Waals surface area contributed by atoms with Gasteiger partial charge in [-0.1, -0.05) is 72.4 Å². The van der Waals surface area contributed by atoms with Crippen LogP contribution in [0.5, 0.6) is 0 Å². The Morgan fingerprint density at radius 2 is 1.25 bits per heavy atom. The molecule has 0 fully saturated rings. The van der Waals surface area contributed by atoms with Gasteiger partial charge in [0, 0.05) is 77.2 Å². The van der Waals surface area contributed by atoms with E-state index in [-0.39, 0.29) is 0 Å². The first-order valence-corrected chi connectivity index (χ1v) is 18.2. The summed E-state index contributed by atoms with van der Waals surface area (Å²) in [6, 6.07) is 42.5. The van der Waals surface area contributed by atoms with E-state index in [2.05, 4.69) is 170 Å². The molecule has 0 saturated heterocycles. The zero-order chi connectivity index (χ0) is 33.3. The van der Waals surface area contributed by atoms with Crippen molar-refractivity contribution in [3.8, 4) is 0 Å². The fourth-order valence-electron chi connectivity index (χ4n) is 7.43. The second-order valence-electron chi connectivity index (χ2n) is 12.3. The van der Waals surface area contributed by atoms with Crippen LogP contribution >= 0.6 is 11.8 Å². The van der Waals surface area contributed by atoms with Gasteiger partial charge in [0.15, 0.2) is 5.17 Å². The summed E-state index contributed by atoms with van der Waals surface area (Å²) in [6.07, 6.45) is 0. The van der Waals surface area contributed by atoms with Gasteiger partial charge in [-0.15, -0.1) is 0 Å². The Morgan fingerprint density at radius 3 is 1.96 bits per heavy atom. The van der Waals surface area contributed by atoms with Crippen LogP contribution in [-0.2, 0) is 11.3 Å². The summed E-state index contributed by atoms with van der Waals surface area (Å²) in [5.74, 6) is 0. The van der Waals surface area contributed by atoms with E-state index in [4.69, 9.17) is 4.99 Å². The number of benzene rings is 5. The lowest BCUT2D eigenvalue weighted by Crippen LogP contribution is -2.32. The van der Waals surface area contributed by atoms with E-state index in [1.165, 1.54) is 49.9 Å². The van der Waals surface area contributed by atoms with E-state index < -0.39 is 4.75 Å². The number of rotatable bonds is 10. The maximum Gasteiger partial charge on any atom is 0.167 e. The van der Waals surface area contributed by atoms with Gasteiger partial charge in [-0.05, 0) is 100 Å². The number of aromatic nitrogens is 1. The van der Waals surface area contributed by atoms with E-state index in [0.717, 1.165) is 49.3 Å². The van der Waals surface area contributed by atoms with E-state index in [0.29, 0.717) is 0 Å². The van der Waals surface area contributed by atoms with E-state index >= 15 is 0 Å². The van der Waals surface area contributed by atoms with Crippen LogP contribution in [0.25, 0.3) is 21.8 Å². The first-order valence-electron chi connectivity index (χ1n) is 17.4. The molecule has 1 aliphatic heterocycles. The lowest BCUT2D eigenvalue weighted by atomic mass is 9.82. The average Bonchev–Trinajstić information content (AvgIpc) is 3.46. The molecule has 6 heteroatoms. The number of nitrogens with one attached hydrogen (secondary N) is 1. The molecular formula is C42H45N5S. The van der Waals surface area contributed by atoms with Crippen molar-refractivity contribution < 1.29 is 0 Å². The van der Waals surface area contributed by atoms with Crippen molar-refractivity contribution in [3.05, 3.63) is 132 Å². The third-order valence-electron chi connectivity index (χ3n) is 9.88. The SMILES string of the molecule is CCN(CC)c1ccc(C2(c3ccc4c(c3)c3ccccc3n4CC)SC(Nc3ccccc3)=Nc3cc(N(CC)CC)ccc32)cc1. The number of hydrogen-bond acceptors (Lipinski definition) is 5. The molecule has 0 aliphatic carbocycles. The molecule has 48 heavy (non-hydrogen) atoms. The van der Waals surface area contributed by atoms with Crippen molar-refractivity contribution in [2.45, 2.75) is 45.9 Å². The van der Waals surface area contributed by atoms with Gasteiger partial charge >= 0.3 is 0 Å². The van der Waals surface area contributed by atoms with Crippen molar-refractivity contribution >= 4 is 61.5 Å². The van der Waals surface area contributed by atoms with Crippen LogP contribution in [0, 0.1) is 0 Å².